The van der Waals surface area contributed by atoms with Gasteiger partial charge in [0.2, 0.25) is 25.2 Å². The Kier molecular flexibility index (Phi) is 35.9. The second kappa shape index (κ2) is 44.9. The number of carbonyl (C=O) groups is 4. The van der Waals surface area contributed by atoms with E-state index >= 15 is 0 Å². The van der Waals surface area contributed by atoms with E-state index < -0.39 is 54.7 Å². The van der Waals surface area contributed by atoms with Crippen molar-refractivity contribution in [2.45, 2.75) is 253 Å². The molecule has 134 heavy (non-hydrogen) atoms. The van der Waals surface area contributed by atoms with Gasteiger partial charge < -0.3 is 37.9 Å². The van der Waals surface area contributed by atoms with Crippen LogP contribution in [0.1, 0.15) is 266 Å². The van der Waals surface area contributed by atoms with Crippen LogP contribution in [0.15, 0.2) is 158 Å². The molecule has 0 bridgehead atoms. The number of ether oxygens (including phenoxy) is 8. The minimum atomic E-state index is -5.17. The zero-order valence-electron chi connectivity index (χ0n) is 83.1. The lowest BCUT2D eigenvalue weighted by molar-refractivity contribution is -0.216. The topological polar surface area (TPSA) is 309 Å². The van der Waals surface area contributed by atoms with Gasteiger partial charge in [0.05, 0.1) is 40.2 Å². The number of aryl methyl sites for hydroxylation is 8. The number of nitrogens with zero attached hydrogens (tertiary/aromatic N) is 12. The van der Waals surface area contributed by atoms with Crippen LogP contribution < -0.4 is 0 Å². The Morgan fingerprint density at radius 1 is 0.336 bits per heavy atom. The Morgan fingerprint density at radius 2 is 0.575 bits per heavy atom. The zero-order valence-corrected chi connectivity index (χ0v) is 83.1. The molecule has 0 amide bonds. The smallest absolute Gasteiger partial charge is 0.451 e. The molecule has 27 heteroatoms. The number of rotatable bonds is 25. The molecule has 10 aromatic rings. The summed E-state index contributed by atoms with van der Waals surface area (Å²) in [6, 6.07) is 58.0. The molecular weight excluding hydrogens is 1700 g/mol. The molecule has 4 atom stereocenters. The van der Waals surface area contributed by atoms with Crippen LogP contribution in [-0.4, -0.2) is 94.3 Å². The Bertz CT molecular complexity index is 6150. The Balaban J connectivity index is 0.000000244. The molecule has 6 aromatic carbocycles. The summed E-state index contributed by atoms with van der Waals surface area (Å²) in [6.07, 6.45) is -8.72. The van der Waals surface area contributed by atoms with Crippen molar-refractivity contribution in [2.75, 3.05) is 0 Å². The first kappa shape index (κ1) is 107. The molecule has 708 valence electrons. The molecule has 0 saturated heterocycles. The highest BCUT2D eigenvalue weighted by Crippen LogP contribution is 2.40. The van der Waals surface area contributed by atoms with Gasteiger partial charge in [0.15, 0.2) is 23.0 Å². The zero-order chi connectivity index (χ0) is 100. The van der Waals surface area contributed by atoms with Gasteiger partial charge in [-0.05, 0) is 160 Å². The Hall–Kier alpha value is -14.1. The Labute approximate surface area is 787 Å². The lowest BCUT2D eigenvalue weighted by atomic mass is 9.86. The normalized spacial score (nSPS) is 13.4. The van der Waals surface area contributed by atoms with Gasteiger partial charge in [-0.1, -0.05) is 236 Å². The number of allylic oxidation sites excluding steroid dienone is 4. The van der Waals surface area contributed by atoms with Gasteiger partial charge >= 0.3 is 30.1 Å². The molecule has 0 aliphatic carbocycles. The molecule has 10 rings (SSSR count). The van der Waals surface area contributed by atoms with Crippen LogP contribution in [0.25, 0.3) is 45.3 Å². The summed E-state index contributed by atoms with van der Waals surface area (Å²) in [5.74, 6) is -2.67. The summed E-state index contributed by atoms with van der Waals surface area (Å²) in [5, 5.41) is 58.3. The van der Waals surface area contributed by atoms with Crippen LogP contribution in [-0.2, 0) is 109 Å². The number of esters is 4. The van der Waals surface area contributed by atoms with E-state index in [1.54, 1.807) is 99.2 Å². The molecule has 0 spiro atoms. The predicted octanol–water partition coefficient (Wildman–Crippen LogP) is 23.1. The predicted molar refractivity (Wildman–Crippen MR) is 514 cm³/mol. The van der Waals surface area contributed by atoms with E-state index in [0.717, 1.165) is 74.1 Å². The molecule has 0 aliphatic heterocycles. The SMILES string of the molecule is CCC(C)(C)C(=O)OC(C)O/C(=C(/C#N)c1ccc(C(C)(C)C)cc1)c1c(C)c(C)nn1C.Cc1nn(C)c(/C(OC(C)OC(=O)C(F)(F)F)=C(\C#N)c2ccc(C(C)(C)C)cc2)c1C.Cc1nn(C)c(/C(OC(C)OC(=O)Cc2ccccc2)=C(\C#N)c2ccc(C(C)(C)C)cc2)c1C.Cc1nn(C)c(/C(OC(C)OC(=O)c2ccccc2)=C(\C#N)c2ccc(C(C)(C)C)cc2)c1C. The molecule has 4 unspecified atom stereocenters. The standard InChI is InChI=1S/C29H33N3O3.C28H31N3O3.C27H37N3O3.C23H26F3N3O3/c1-19-20(2)31-32(7)27(19)28(25(18-30)23-13-15-24(16-14-23)29(4,5)6)35-21(3)34-26(33)17-22-11-9-8-10-12-22;1-18-19(2)30-31(7)25(18)26(33-20(3)34-27(32)22-11-9-8-10-12-22)24(17-29)21-13-15-23(16-14-21)28(4,5)6;1-11-27(8,9)25(31)33-19(4)32-24(23-17(2)18(3)29-30(23)10)22(16-28)20-12-14-21(15-13-20)26(5,6)7;1-13-14(2)28-29(7)19(13)20(31-15(3)32-21(30)23(24,25)26)18(12-27)16-8-10-17(11-9-16)22(4,5)6/h8-16,21H,17H2,1-7H3;8-16,20H,1-7H3;12-15,19H,11H2,1-10H3;8-11,15H,1-7H3/b28-25-;26-24-;24-22-;20-18-. The van der Waals surface area contributed by atoms with Crippen LogP contribution in [0, 0.1) is 106 Å². The van der Waals surface area contributed by atoms with Gasteiger partial charge in [0.25, 0.3) is 0 Å². The maximum absolute atomic E-state index is 12.6. The van der Waals surface area contributed by atoms with E-state index in [2.05, 4.69) is 132 Å². The van der Waals surface area contributed by atoms with E-state index in [9.17, 15) is 53.4 Å². The quantitative estimate of drug-likeness (QED) is 0.0169. The fourth-order valence-electron chi connectivity index (χ4n) is 14.0. The number of alkyl halides is 3. The maximum atomic E-state index is 12.6. The number of carbonyl (C=O) groups excluding carboxylic acids is 4. The van der Waals surface area contributed by atoms with Crippen molar-refractivity contribution in [2.24, 2.45) is 33.6 Å². The van der Waals surface area contributed by atoms with Crippen LogP contribution in [0.5, 0.6) is 0 Å². The average molecular weight is 1830 g/mol. The fourth-order valence-corrected chi connectivity index (χ4v) is 14.0. The third kappa shape index (κ3) is 27.8. The van der Waals surface area contributed by atoms with Gasteiger partial charge in [-0.3, -0.25) is 28.3 Å². The van der Waals surface area contributed by atoms with E-state index in [0.29, 0.717) is 91.1 Å². The average Bonchev–Trinajstić information content (AvgIpc) is 1.63. The summed E-state index contributed by atoms with van der Waals surface area (Å²) >= 11 is 0. The van der Waals surface area contributed by atoms with Gasteiger partial charge in [0.1, 0.15) is 69.3 Å². The van der Waals surface area contributed by atoms with Crippen molar-refractivity contribution in [1.82, 2.24) is 39.1 Å². The second-order valence-electron chi connectivity index (χ2n) is 37.5. The largest absolute Gasteiger partial charge is 0.491 e. The lowest BCUT2D eigenvalue weighted by Crippen LogP contribution is -2.30. The van der Waals surface area contributed by atoms with E-state index in [1.807, 2.05) is 198 Å². The number of hydrogen-bond acceptors (Lipinski definition) is 20. The third-order valence-corrected chi connectivity index (χ3v) is 22.6. The van der Waals surface area contributed by atoms with Crippen molar-refractivity contribution in [1.29, 1.82) is 21.0 Å². The molecule has 24 nitrogen and oxygen atoms in total. The minimum absolute atomic E-state index is 0.00108. The summed E-state index contributed by atoms with van der Waals surface area (Å²) < 4.78 is 89.6. The number of benzene rings is 6. The van der Waals surface area contributed by atoms with Crippen molar-refractivity contribution in [3.63, 3.8) is 0 Å². The fraction of sp³-hybridized carbons (Fsp3) is 0.402. The van der Waals surface area contributed by atoms with E-state index in [1.165, 1.54) is 10.2 Å². The first-order valence-corrected chi connectivity index (χ1v) is 44.1. The highest BCUT2D eigenvalue weighted by Gasteiger charge is 2.43. The Morgan fingerprint density at radius 3 is 0.799 bits per heavy atom. The van der Waals surface area contributed by atoms with Crippen molar-refractivity contribution < 1.29 is 70.2 Å². The first-order valence-electron chi connectivity index (χ1n) is 44.1. The molecule has 0 fully saturated rings. The van der Waals surface area contributed by atoms with Crippen LogP contribution in [0.2, 0.25) is 0 Å². The van der Waals surface area contributed by atoms with Gasteiger partial charge in [0, 0.05) is 78.1 Å². The summed E-state index contributed by atoms with van der Waals surface area (Å²) in [7, 11) is 7.05. The van der Waals surface area contributed by atoms with E-state index in [4.69, 9.17) is 33.2 Å². The van der Waals surface area contributed by atoms with Crippen LogP contribution in [0.4, 0.5) is 13.2 Å². The van der Waals surface area contributed by atoms with E-state index in [-0.39, 0.29) is 45.4 Å². The molecule has 0 saturated carbocycles. The van der Waals surface area contributed by atoms with Crippen molar-refractivity contribution in [3.8, 4) is 24.3 Å². The molecule has 0 radical (unpaired) electrons. The number of nitriles is 4. The highest BCUT2D eigenvalue weighted by molar-refractivity contribution is 5.98. The van der Waals surface area contributed by atoms with Crippen molar-refractivity contribution >= 4 is 69.2 Å². The third-order valence-electron chi connectivity index (χ3n) is 22.6. The van der Waals surface area contributed by atoms with Gasteiger partial charge in [-0.2, -0.15) is 54.6 Å². The molecule has 0 N–H and O–H groups in total. The summed E-state index contributed by atoms with van der Waals surface area (Å²) in [5.41, 5.74) is 17.8. The monoisotopic (exact) mass is 1830 g/mol. The minimum Gasteiger partial charge on any atom is -0.451 e. The molecule has 4 heterocycles. The van der Waals surface area contributed by atoms with Crippen molar-refractivity contribution in [3.05, 3.63) is 281 Å². The van der Waals surface area contributed by atoms with Crippen LogP contribution in [0.3, 0.4) is 0 Å². The van der Waals surface area contributed by atoms with Gasteiger partial charge in [-0.25, -0.2) is 9.59 Å². The highest BCUT2D eigenvalue weighted by atomic mass is 19.4. The first-order chi connectivity index (χ1) is 62.4. The molecule has 4 aromatic heterocycles. The second-order valence-corrected chi connectivity index (χ2v) is 37.5. The number of halogens is 3. The van der Waals surface area contributed by atoms with Crippen LogP contribution >= 0.6 is 0 Å². The summed E-state index contributed by atoms with van der Waals surface area (Å²) in [4.78, 5) is 48.9. The molecular formula is C107H127F3N12O12. The number of hydrogen-bond donors (Lipinski definition) is 0. The van der Waals surface area contributed by atoms with Gasteiger partial charge in [-0.15, -0.1) is 0 Å². The maximum Gasteiger partial charge on any atom is 0.491 e. The summed E-state index contributed by atoms with van der Waals surface area (Å²) in [6.45, 7) is 52.2. The lowest BCUT2D eigenvalue weighted by Gasteiger charge is -2.25. The number of aromatic nitrogens is 8. The molecule has 0 aliphatic rings.